The van der Waals surface area contributed by atoms with Gasteiger partial charge in [-0.05, 0) is 86.7 Å². The molecule has 4 rings (SSSR count). The molecule has 37 heavy (non-hydrogen) atoms. The van der Waals surface area contributed by atoms with Gasteiger partial charge < -0.3 is 9.64 Å². The van der Waals surface area contributed by atoms with Crippen LogP contribution in [-0.2, 0) is 0 Å². The van der Waals surface area contributed by atoms with Crippen molar-refractivity contribution in [2.24, 2.45) is 5.92 Å². The van der Waals surface area contributed by atoms with E-state index in [4.69, 9.17) is 9.72 Å². The number of aromatic nitrogens is 2. The van der Waals surface area contributed by atoms with Crippen LogP contribution in [0.1, 0.15) is 60.5 Å². The lowest BCUT2D eigenvalue weighted by atomic mass is 10.1. The molecule has 0 saturated heterocycles. The number of ether oxygens (including phenoxy) is 1. The van der Waals surface area contributed by atoms with Crippen LogP contribution >= 0.6 is 0 Å². The molecule has 3 aromatic carbocycles. The van der Waals surface area contributed by atoms with E-state index in [-0.39, 0.29) is 11.5 Å². The number of carbonyl (C=O) groups excluding carboxylic acids is 1. The van der Waals surface area contributed by atoms with Crippen molar-refractivity contribution in [2.75, 3.05) is 13.7 Å². The molecule has 0 spiro atoms. The number of hydrogen-bond acceptors (Lipinski definition) is 4. The predicted octanol–water partition coefficient (Wildman–Crippen LogP) is 6.26. The maximum atomic E-state index is 13.9. The maximum absolute atomic E-state index is 13.9. The zero-order chi connectivity index (χ0) is 26.7. The van der Waals surface area contributed by atoms with Crippen molar-refractivity contribution in [1.82, 2.24) is 14.5 Å². The van der Waals surface area contributed by atoms with Crippen molar-refractivity contribution in [3.8, 4) is 11.4 Å². The van der Waals surface area contributed by atoms with Crippen LogP contribution in [0.2, 0.25) is 0 Å². The first-order valence-corrected chi connectivity index (χ1v) is 12.8. The Hall–Kier alpha value is -3.93. The molecule has 0 fully saturated rings. The number of carbonyl (C=O) groups is 1. The molecule has 4 aromatic rings. The highest BCUT2D eigenvalue weighted by Crippen LogP contribution is 2.27. The number of benzene rings is 3. The first-order valence-electron chi connectivity index (χ1n) is 12.8. The van der Waals surface area contributed by atoms with E-state index in [9.17, 15) is 9.59 Å². The molecule has 0 aliphatic rings. The van der Waals surface area contributed by atoms with E-state index in [2.05, 4.69) is 13.8 Å². The standard InChI is InChI=1S/C31H35N3O3/c1-20(2)16-17-33(30(35)24-10-9-11-26(19-24)37-6)23(5)29-32-28-13-8-7-12-27(28)31(36)34(29)25-15-14-21(3)22(4)18-25/h7-15,18-20,23H,16-17H2,1-6H3. The Morgan fingerprint density at radius 3 is 2.43 bits per heavy atom. The van der Waals surface area contributed by atoms with E-state index in [0.717, 1.165) is 23.2 Å². The molecular formula is C31H35N3O3. The summed E-state index contributed by atoms with van der Waals surface area (Å²) in [6.45, 7) is 10.8. The van der Waals surface area contributed by atoms with E-state index in [0.29, 0.717) is 40.5 Å². The molecule has 1 heterocycles. The zero-order valence-electron chi connectivity index (χ0n) is 22.5. The summed E-state index contributed by atoms with van der Waals surface area (Å²) < 4.78 is 7.03. The number of aryl methyl sites for hydroxylation is 2. The lowest BCUT2D eigenvalue weighted by Gasteiger charge is -2.31. The molecule has 0 radical (unpaired) electrons. The summed E-state index contributed by atoms with van der Waals surface area (Å²) >= 11 is 0. The van der Waals surface area contributed by atoms with Gasteiger partial charge in [0.1, 0.15) is 11.6 Å². The summed E-state index contributed by atoms with van der Waals surface area (Å²) in [4.78, 5) is 34.5. The molecule has 0 bridgehead atoms. The number of hydrogen-bond donors (Lipinski definition) is 0. The Balaban J connectivity index is 1.91. The molecule has 6 nitrogen and oxygen atoms in total. The fraction of sp³-hybridized carbons (Fsp3) is 0.323. The van der Waals surface area contributed by atoms with Gasteiger partial charge in [-0.25, -0.2) is 4.98 Å². The highest BCUT2D eigenvalue weighted by molar-refractivity contribution is 5.95. The van der Waals surface area contributed by atoms with Crippen LogP contribution in [0.4, 0.5) is 0 Å². The summed E-state index contributed by atoms with van der Waals surface area (Å²) in [6, 6.07) is 20.1. The van der Waals surface area contributed by atoms with Gasteiger partial charge in [-0.3, -0.25) is 14.2 Å². The molecule has 0 aliphatic heterocycles. The maximum Gasteiger partial charge on any atom is 0.266 e. The molecular weight excluding hydrogens is 462 g/mol. The zero-order valence-corrected chi connectivity index (χ0v) is 22.5. The predicted molar refractivity (Wildman–Crippen MR) is 149 cm³/mol. The summed E-state index contributed by atoms with van der Waals surface area (Å²) in [7, 11) is 1.59. The third-order valence-corrected chi connectivity index (χ3v) is 6.92. The molecule has 1 atom stereocenters. The second-order valence-electron chi connectivity index (χ2n) is 9.99. The van der Waals surface area contributed by atoms with Gasteiger partial charge in [0, 0.05) is 12.1 Å². The van der Waals surface area contributed by atoms with Crippen molar-refractivity contribution < 1.29 is 9.53 Å². The number of amides is 1. The molecule has 0 saturated carbocycles. The van der Waals surface area contributed by atoms with Gasteiger partial charge in [0.15, 0.2) is 0 Å². The Labute approximate surface area is 218 Å². The largest absolute Gasteiger partial charge is 0.497 e. The number of para-hydroxylation sites is 1. The highest BCUT2D eigenvalue weighted by atomic mass is 16.5. The quantitative estimate of drug-likeness (QED) is 0.288. The van der Waals surface area contributed by atoms with E-state index < -0.39 is 6.04 Å². The van der Waals surface area contributed by atoms with Crippen LogP contribution < -0.4 is 10.3 Å². The molecule has 1 aromatic heterocycles. The topological polar surface area (TPSA) is 64.4 Å². The monoisotopic (exact) mass is 497 g/mol. The number of nitrogens with zero attached hydrogens (tertiary/aromatic N) is 3. The van der Waals surface area contributed by atoms with Gasteiger partial charge in [-0.15, -0.1) is 0 Å². The molecule has 192 valence electrons. The molecule has 0 aliphatic carbocycles. The van der Waals surface area contributed by atoms with Crippen LogP contribution in [0, 0.1) is 19.8 Å². The van der Waals surface area contributed by atoms with E-state index >= 15 is 0 Å². The van der Waals surface area contributed by atoms with Crippen molar-refractivity contribution in [2.45, 2.75) is 47.1 Å². The van der Waals surface area contributed by atoms with Gasteiger partial charge in [-0.2, -0.15) is 0 Å². The van der Waals surface area contributed by atoms with Gasteiger partial charge in [-0.1, -0.05) is 38.1 Å². The Kier molecular flexibility index (Phi) is 7.77. The highest BCUT2D eigenvalue weighted by Gasteiger charge is 2.28. The van der Waals surface area contributed by atoms with Gasteiger partial charge in [0.05, 0.1) is 29.7 Å². The minimum atomic E-state index is -0.462. The van der Waals surface area contributed by atoms with Crippen molar-refractivity contribution >= 4 is 16.8 Å². The van der Waals surface area contributed by atoms with Crippen LogP contribution in [0.5, 0.6) is 5.75 Å². The Morgan fingerprint density at radius 1 is 0.973 bits per heavy atom. The normalized spacial score (nSPS) is 12.1. The SMILES string of the molecule is COc1cccc(C(=O)N(CCC(C)C)C(C)c2nc3ccccc3c(=O)n2-c2ccc(C)c(C)c2)c1. The Morgan fingerprint density at radius 2 is 1.73 bits per heavy atom. The van der Waals surface area contributed by atoms with Crippen molar-refractivity contribution in [3.05, 3.63) is 99.6 Å². The third-order valence-electron chi connectivity index (χ3n) is 6.92. The first-order chi connectivity index (χ1) is 17.7. The second kappa shape index (κ2) is 11.0. The average molecular weight is 498 g/mol. The smallest absolute Gasteiger partial charge is 0.266 e. The minimum Gasteiger partial charge on any atom is -0.497 e. The average Bonchev–Trinajstić information content (AvgIpc) is 2.90. The van der Waals surface area contributed by atoms with Crippen LogP contribution in [0.25, 0.3) is 16.6 Å². The number of methoxy groups -OCH3 is 1. The van der Waals surface area contributed by atoms with E-state index in [1.807, 2.05) is 74.2 Å². The third kappa shape index (κ3) is 5.43. The summed E-state index contributed by atoms with van der Waals surface area (Å²) in [6.07, 6.45) is 0.821. The summed E-state index contributed by atoms with van der Waals surface area (Å²) in [5.41, 5.74) is 3.98. The number of fused-ring (bicyclic) bond motifs is 1. The lowest BCUT2D eigenvalue weighted by molar-refractivity contribution is 0.0671. The molecule has 1 amide bonds. The minimum absolute atomic E-state index is 0.124. The van der Waals surface area contributed by atoms with E-state index in [1.165, 1.54) is 0 Å². The molecule has 0 N–H and O–H groups in total. The fourth-order valence-electron chi connectivity index (χ4n) is 4.47. The fourth-order valence-corrected chi connectivity index (χ4v) is 4.47. The van der Waals surface area contributed by atoms with Crippen molar-refractivity contribution in [3.63, 3.8) is 0 Å². The van der Waals surface area contributed by atoms with Crippen LogP contribution in [-0.4, -0.2) is 34.0 Å². The molecule has 1 unspecified atom stereocenters. The first kappa shape index (κ1) is 26.1. The Bertz CT molecular complexity index is 1490. The van der Waals surface area contributed by atoms with Gasteiger partial charge in [0.25, 0.3) is 11.5 Å². The van der Waals surface area contributed by atoms with Gasteiger partial charge >= 0.3 is 0 Å². The molecule has 6 heteroatoms. The van der Waals surface area contributed by atoms with E-state index in [1.54, 1.807) is 29.9 Å². The van der Waals surface area contributed by atoms with Gasteiger partial charge in [0.2, 0.25) is 0 Å². The lowest BCUT2D eigenvalue weighted by Crippen LogP contribution is -2.38. The van der Waals surface area contributed by atoms with Crippen LogP contribution in [0.3, 0.4) is 0 Å². The summed E-state index contributed by atoms with van der Waals surface area (Å²) in [5, 5.41) is 0.546. The van der Waals surface area contributed by atoms with Crippen LogP contribution in [0.15, 0.2) is 71.5 Å². The summed E-state index contributed by atoms with van der Waals surface area (Å²) in [5.74, 6) is 1.44. The number of rotatable bonds is 8. The van der Waals surface area contributed by atoms with Crippen molar-refractivity contribution in [1.29, 1.82) is 0 Å². The second-order valence-corrected chi connectivity index (χ2v) is 9.99.